The lowest BCUT2D eigenvalue weighted by Gasteiger charge is -2.27. The maximum Gasteiger partial charge on any atom is 0.192 e. The lowest BCUT2D eigenvalue weighted by Crippen LogP contribution is -2.37. The number of aliphatic imine (C=N–C) groups is 1. The summed E-state index contributed by atoms with van der Waals surface area (Å²) in [5.74, 6) is 2.03. The summed E-state index contributed by atoms with van der Waals surface area (Å²) in [6.07, 6.45) is 3.24. The van der Waals surface area contributed by atoms with E-state index in [9.17, 15) is 0 Å². The van der Waals surface area contributed by atoms with E-state index in [2.05, 4.69) is 9.89 Å². The van der Waals surface area contributed by atoms with Crippen molar-refractivity contribution in [2.24, 2.45) is 10.7 Å². The van der Waals surface area contributed by atoms with Gasteiger partial charge in [0.15, 0.2) is 17.5 Å². The van der Waals surface area contributed by atoms with Crippen LogP contribution in [0.2, 0.25) is 5.02 Å². The second kappa shape index (κ2) is 4.98. The van der Waals surface area contributed by atoms with Crippen LogP contribution in [0.25, 0.3) is 0 Å². The number of ether oxygens (including phenoxy) is 2. The van der Waals surface area contributed by atoms with Crippen molar-refractivity contribution in [2.75, 3.05) is 19.8 Å². The van der Waals surface area contributed by atoms with Crippen LogP contribution in [0.5, 0.6) is 11.5 Å². The second-order valence-corrected chi connectivity index (χ2v) is 6.14. The summed E-state index contributed by atoms with van der Waals surface area (Å²) in [6.45, 7) is 1.97. The van der Waals surface area contributed by atoms with Crippen LogP contribution < -0.4 is 15.2 Å². The minimum atomic E-state index is 0.159. The Morgan fingerprint density at radius 1 is 1.24 bits per heavy atom. The fraction of sp³-hybridized carbons (Fsp3) is 0.533. The van der Waals surface area contributed by atoms with E-state index >= 15 is 0 Å². The van der Waals surface area contributed by atoms with Crippen LogP contribution in [0.3, 0.4) is 0 Å². The third-order valence-corrected chi connectivity index (χ3v) is 4.46. The monoisotopic (exact) mass is 307 g/mol. The van der Waals surface area contributed by atoms with Gasteiger partial charge in [-0.1, -0.05) is 11.6 Å². The molecule has 112 valence electrons. The van der Waals surface area contributed by atoms with Gasteiger partial charge in [0.1, 0.15) is 0 Å². The van der Waals surface area contributed by atoms with Crippen LogP contribution in [0, 0.1) is 0 Å². The Hall–Kier alpha value is -1.62. The summed E-state index contributed by atoms with van der Waals surface area (Å²) in [5.41, 5.74) is 7.13. The first kappa shape index (κ1) is 13.1. The van der Waals surface area contributed by atoms with Gasteiger partial charge in [-0.2, -0.15) is 0 Å². The molecule has 0 aromatic heterocycles. The highest BCUT2D eigenvalue weighted by molar-refractivity contribution is 6.32. The SMILES string of the molecule is NC1=NCC(c2cc(Cl)c3c(c2)OCCCO3)N1C1CC1. The first-order valence-electron chi connectivity index (χ1n) is 7.41. The highest BCUT2D eigenvalue weighted by atomic mass is 35.5. The van der Waals surface area contributed by atoms with E-state index < -0.39 is 0 Å². The molecule has 2 N–H and O–H groups in total. The molecule has 5 nitrogen and oxygen atoms in total. The maximum atomic E-state index is 6.39. The summed E-state index contributed by atoms with van der Waals surface area (Å²) in [5, 5.41) is 0.602. The van der Waals surface area contributed by atoms with Gasteiger partial charge < -0.3 is 20.1 Å². The molecular weight excluding hydrogens is 290 g/mol. The number of halogens is 1. The molecule has 1 saturated carbocycles. The van der Waals surface area contributed by atoms with E-state index in [0.717, 1.165) is 17.7 Å². The molecule has 1 unspecified atom stereocenters. The number of guanidine groups is 1. The third kappa shape index (κ3) is 2.29. The van der Waals surface area contributed by atoms with Gasteiger partial charge in [-0.3, -0.25) is 4.99 Å². The normalized spacial score (nSPS) is 24.7. The number of nitrogens with zero attached hydrogens (tertiary/aromatic N) is 2. The van der Waals surface area contributed by atoms with Gasteiger partial charge in [-0.05, 0) is 30.5 Å². The van der Waals surface area contributed by atoms with Gasteiger partial charge in [0.25, 0.3) is 0 Å². The zero-order valence-corrected chi connectivity index (χ0v) is 12.5. The largest absolute Gasteiger partial charge is 0.489 e. The van der Waals surface area contributed by atoms with Gasteiger partial charge >= 0.3 is 0 Å². The minimum absolute atomic E-state index is 0.159. The zero-order chi connectivity index (χ0) is 14.4. The van der Waals surface area contributed by atoms with Gasteiger partial charge in [0, 0.05) is 12.5 Å². The topological polar surface area (TPSA) is 60.1 Å². The molecule has 2 heterocycles. The molecule has 0 amide bonds. The molecule has 21 heavy (non-hydrogen) atoms. The van der Waals surface area contributed by atoms with Crippen LogP contribution >= 0.6 is 11.6 Å². The Kier molecular flexibility index (Phi) is 3.10. The molecule has 1 fully saturated rings. The molecule has 0 radical (unpaired) electrons. The summed E-state index contributed by atoms with van der Waals surface area (Å²) < 4.78 is 11.5. The van der Waals surface area contributed by atoms with Crippen LogP contribution in [0.1, 0.15) is 30.9 Å². The molecule has 1 atom stereocenters. The standard InChI is InChI=1S/C15H18ClN3O2/c16-11-6-9(7-13-14(11)21-5-1-4-20-13)12-8-18-15(17)19(12)10-2-3-10/h6-7,10,12H,1-5,8H2,(H2,17,18). The van der Waals surface area contributed by atoms with Crippen LogP contribution in [-0.2, 0) is 0 Å². The quantitative estimate of drug-likeness (QED) is 0.911. The van der Waals surface area contributed by atoms with E-state index in [-0.39, 0.29) is 6.04 Å². The van der Waals surface area contributed by atoms with Crippen LogP contribution in [0.4, 0.5) is 0 Å². The van der Waals surface area contributed by atoms with E-state index in [1.54, 1.807) is 0 Å². The molecule has 0 spiro atoms. The summed E-state index contributed by atoms with van der Waals surface area (Å²) in [4.78, 5) is 6.62. The van der Waals surface area contributed by atoms with Gasteiger partial charge in [0.05, 0.1) is 30.8 Å². The number of nitrogens with two attached hydrogens (primary N) is 1. The molecule has 1 aliphatic carbocycles. The summed E-state index contributed by atoms with van der Waals surface area (Å²) >= 11 is 6.39. The molecule has 6 heteroatoms. The third-order valence-electron chi connectivity index (χ3n) is 4.18. The Morgan fingerprint density at radius 2 is 2.05 bits per heavy atom. The number of fused-ring (bicyclic) bond motifs is 1. The van der Waals surface area contributed by atoms with Crippen molar-refractivity contribution in [3.8, 4) is 11.5 Å². The minimum Gasteiger partial charge on any atom is -0.489 e. The van der Waals surface area contributed by atoms with E-state index in [1.165, 1.54) is 12.8 Å². The molecule has 4 rings (SSSR count). The Balaban J connectivity index is 1.69. The average Bonchev–Trinajstić information content (AvgIpc) is 3.25. The molecule has 3 aliphatic rings. The maximum absolute atomic E-state index is 6.39. The van der Waals surface area contributed by atoms with Crippen molar-refractivity contribution in [1.29, 1.82) is 0 Å². The first-order chi connectivity index (χ1) is 10.2. The molecule has 2 aliphatic heterocycles. The van der Waals surface area contributed by atoms with Crippen molar-refractivity contribution >= 4 is 17.6 Å². The highest BCUT2D eigenvalue weighted by Crippen LogP contribution is 2.43. The number of benzene rings is 1. The van der Waals surface area contributed by atoms with Crippen molar-refractivity contribution < 1.29 is 9.47 Å². The summed E-state index contributed by atoms with van der Waals surface area (Å²) in [6, 6.07) is 4.67. The van der Waals surface area contributed by atoms with Crippen molar-refractivity contribution in [2.45, 2.75) is 31.3 Å². The molecule has 1 aromatic rings. The number of hydrogen-bond donors (Lipinski definition) is 1. The van der Waals surface area contributed by atoms with Crippen molar-refractivity contribution in [1.82, 2.24) is 4.90 Å². The fourth-order valence-corrected chi connectivity index (χ4v) is 3.29. The lowest BCUT2D eigenvalue weighted by atomic mass is 10.1. The van der Waals surface area contributed by atoms with Gasteiger partial charge in [0.2, 0.25) is 0 Å². The van der Waals surface area contributed by atoms with E-state index in [4.69, 9.17) is 26.8 Å². The van der Waals surface area contributed by atoms with E-state index in [1.807, 2.05) is 12.1 Å². The molecular formula is C15H18ClN3O2. The van der Waals surface area contributed by atoms with Crippen molar-refractivity contribution in [3.63, 3.8) is 0 Å². The van der Waals surface area contributed by atoms with Gasteiger partial charge in [-0.15, -0.1) is 0 Å². The summed E-state index contributed by atoms with van der Waals surface area (Å²) in [7, 11) is 0. The highest BCUT2D eigenvalue weighted by Gasteiger charge is 2.39. The van der Waals surface area contributed by atoms with Gasteiger partial charge in [-0.25, -0.2) is 0 Å². The Bertz CT molecular complexity index is 601. The zero-order valence-electron chi connectivity index (χ0n) is 11.7. The number of hydrogen-bond acceptors (Lipinski definition) is 5. The fourth-order valence-electron chi connectivity index (χ4n) is 3.01. The van der Waals surface area contributed by atoms with Crippen LogP contribution in [0.15, 0.2) is 17.1 Å². The lowest BCUT2D eigenvalue weighted by molar-refractivity contribution is 0.296. The average molecular weight is 308 g/mol. The Morgan fingerprint density at radius 3 is 2.86 bits per heavy atom. The predicted molar refractivity (Wildman–Crippen MR) is 81.2 cm³/mol. The molecule has 1 aromatic carbocycles. The first-order valence-corrected chi connectivity index (χ1v) is 7.79. The molecule has 0 bridgehead atoms. The second-order valence-electron chi connectivity index (χ2n) is 5.73. The smallest absolute Gasteiger partial charge is 0.192 e. The van der Waals surface area contributed by atoms with Crippen molar-refractivity contribution in [3.05, 3.63) is 22.7 Å². The van der Waals surface area contributed by atoms with Crippen LogP contribution in [-0.4, -0.2) is 36.7 Å². The Labute approximate surface area is 128 Å². The van der Waals surface area contributed by atoms with E-state index in [0.29, 0.717) is 42.5 Å². The predicted octanol–water partition coefficient (Wildman–Crippen LogP) is 2.34. The molecule has 0 saturated heterocycles. The number of rotatable bonds is 2.